The molecule has 5 heteroatoms. The van der Waals surface area contributed by atoms with Crippen molar-refractivity contribution < 1.29 is 14.3 Å². The summed E-state index contributed by atoms with van der Waals surface area (Å²) in [6.07, 6.45) is 49.4. The summed E-state index contributed by atoms with van der Waals surface area (Å²) in [7, 11) is 0. The number of unbranched alkanes of at least 4 members (excludes halogenated alkanes) is 34. The maximum Gasteiger partial charge on any atom is 0.321 e. The van der Waals surface area contributed by atoms with Gasteiger partial charge in [-0.3, -0.25) is 0 Å². The molecule has 0 heterocycles. The Labute approximate surface area is 270 Å². The molecule has 0 aliphatic rings. The maximum atomic E-state index is 9.00. The van der Waals surface area contributed by atoms with Gasteiger partial charge in [-0.05, 0) is 18.2 Å². The molecule has 0 radical (unpaired) electrons. The summed E-state index contributed by atoms with van der Waals surface area (Å²) in [4.78, 5) is 18.0. The molecule has 0 amide bonds. The van der Waals surface area contributed by atoms with Crippen LogP contribution in [0.1, 0.15) is 232 Å². The second-order valence-electron chi connectivity index (χ2n) is 13.3. The molecule has 2 N–H and O–H groups in total. The number of hydrogen-bond donors (Lipinski definition) is 2. The lowest BCUT2D eigenvalue weighted by Crippen LogP contribution is -1.92. The first kappa shape index (κ1) is 42.5. The normalized spacial score (nSPS) is 12.0. The summed E-state index contributed by atoms with van der Waals surface area (Å²) in [5, 5.41) is 0. The van der Waals surface area contributed by atoms with Crippen molar-refractivity contribution in [1.29, 1.82) is 0 Å². The van der Waals surface area contributed by atoms with Gasteiger partial charge in [0.2, 0.25) is 0 Å². The highest BCUT2D eigenvalue weighted by atomic mass is 32.5. The van der Waals surface area contributed by atoms with Crippen molar-refractivity contribution in [2.24, 2.45) is 0 Å². The van der Waals surface area contributed by atoms with E-state index in [0.29, 0.717) is 6.61 Å². The van der Waals surface area contributed by atoms with E-state index in [1.165, 1.54) is 212 Å². The van der Waals surface area contributed by atoms with E-state index < -0.39 is 6.72 Å². The summed E-state index contributed by atoms with van der Waals surface area (Å²) in [5.74, 6) is 0. The molecule has 0 aliphatic carbocycles. The second-order valence-corrected chi connectivity index (χ2v) is 16.0. The van der Waals surface area contributed by atoms with Crippen LogP contribution < -0.4 is 0 Å². The molecule has 0 saturated heterocycles. The fraction of sp³-hybridized carbons (Fsp3) is 1.00. The molecule has 0 spiro atoms. The largest absolute Gasteiger partial charge is 0.325 e. The van der Waals surface area contributed by atoms with Gasteiger partial charge in [0.15, 0.2) is 0 Å². The molecule has 0 aromatic carbocycles. The molecular weight excluding hydrogens is 555 g/mol. The second kappa shape index (κ2) is 36.0. The molecule has 0 unspecified atom stereocenters. The number of hydrogen-bond acceptors (Lipinski definition) is 2. The zero-order chi connectivity index (χ0) is 30.7. The molecule has 0 aromatic rings. The monoisotopic (exact) mass is 633 g/mol. The molecule has 0 saturated carbocycles. The van der Waals surface area contributed by atoms with Gasteiger partial charge >= 0.3 is 6.72 Å². The van der Waals surface area contributed by atoms with E-state index in [1.54, 1.807) is 0 Å². The topological polar surface area (TPSA) is 49.7 Å². The van der Waals surface area contributed by atoms with Gasteiger partial charge in [-0.15, -0.1) is 0 Å². The number of rotatable bonds is 37. The van der Waals surface area contributed by atoms with Crippen LogP contribution in [0.25, 0.3) is 0 Å². The zero-order valence-corrected chi connectivity index (χ0v) is 30.3. The lowest BCUT2D eigenvalue weighted by atomic mass is 10.0. The molecule has 0 bridgehead atoms. The Bertz CT molecular complexity index is 539. The van der Waals surface area contributed by atoms with Crippen LogP contribution in [-0.2, 0) is 16.3 Å². The summed E-state index contributed by atoms with van der Waals surface area (Å²) in [6, 6.07) is 0. The molecule has 0 aromatic heterocycles. The molecular formula is C37H77O3PS. The smallest absolute Gasteiger partial charge is 0.321 e. The third-order valence-electron chi connectivity index (χ3n) is 9.01. The predicted molar refractivity (Wildman–Crippen MR) is 192 cm³/mol. The fourth-order valence-corrected chi connectivity index (χ4v) is 6.78. The van der Waals surface area contributed by atoms with Crippen LogP contribution >= 0.6 is 6.72 Å². The molecule has 0 aliphatic heterocycles. The van der Waals surface area contributed by atoms with Gasteiger partial charge in [-0.1, -0.05) is 225 Å². The van der Waals surface area contributed by atoms with E-state index in [4.69, 9.17) is 14.3 Å². The Kier molecular flexibility index (Phi) is 36.5. The van der Waals surface area contributed by atoms with E-state index in [-0.39, 0.29) is 0 Å². The first-order valence-corrected chi connectivity index (χ1v) is 21.9. The Morgan fingerprint density at radius 2 is 0.500 bits per heavy atom. The molecule has 0 rings (SSSR count). The average molecular weight is 633 g/mol. The van der Waals surface area contributed by atoms with Crippen molar-refractivity contribution >= 4 is 18.5 Å². The Balaban J connectivity index is 3.05. The molecule has 42 heavy (non-hydrogen) atoms. The minimum atomic E-state index is -3.44. The molecule has 3 nitrogen and oxygen atoms in total. The van der Waals surface area contributed by atoms with Gasteiger partial charge in [0.05, 0.1) is 6.61 Å². The standard InChI is InChI=1S/C37H77O3PS/c1-2-3-4-5-6-7-8-9-10-11-12-13-14-15-16-17-18-19-20-21-22-23-24-25-26-27-28-29-30-31-32-33-34-35-36-37-40-41(38,39)42/h2-37H2,1H3,(H2,38,39,42). The Morgan fingerprint density at radius 3 is 0.667 bits per heavy atom. The average Bonchev–Trinajstić information content (AvgIpc) is 2.96. The molecule has 0 atom stereocenters. The van der Waals surface area contributed by atoms with Gasteiger partial charge < -0.3 is 14.3 Å². The Hall–Kier alpha value is 0.530. The van der Waals surface area contributed by atoms with Crippen molar-refractivity contribution in [3.63, 3.8) is 0 Å². The first-order valence-electron chi connectivity index (χ1n) is 19.3. The highest BCUT2D eigenvalue weighted by molar-refractivity contribution is 8.06. The van der Waals surface area contributed by atoms with Crippen LogP contribution in [0, 0.1) is 0 Å². The minimum absolute atomic E-state index is 0.379. The third kappa shape index (κ3) is 40.5. The quantitative estimate of drug-likeness (QED) is 0.0528. The zero-order valence-electron chi connectivity index (χ0n) is 28.6. The fourth-order valence-electron chi connectivity index (χ4n) is 6.19. The van der Waals surface area contributed by atoms with Crippen molar-refractivity contribution in [3.05, 3.63) is 0 Å². The van der Waals surface area contributed by atoms with Crippen LogP contribution in [-0.4, -0.2) is 16.4 Å². The highest BCUT2D eigenvalue weighted by Gasteiger charge is 2.06. The summed E-state index contributed by atoms with van der Waals surface area (Å²) in [5.41, 5.74) is 0. The van der Waals surface area contributed by atoms with Crippen molar-refractivity contribution in [2.45, 2.75) is 232 Å². The van der Waals surface area contributed by atoms with Crippen LogP contribution in [0.3, 0.4) is 0 Å². The Morgan fingerprint density at radius 1 is 0.333 bits per heavy atom. The van der Waals surface area contributed by atoms with Gasteiger partial charge in [0.25, 0.3) is 0 Å². The van der Waals surface area contributed by atoms with Crippen molar-refractivity contribution in [1.82, 2.24) is 0 Å². The van der Waals surface area contributed by atoms with E-state index >= 15 is 0 Å². The van der Waals surface area contributed by atoms with Gasteiger partial charge in [-0.25, -0.2) is 0 Å². The van der Waals surface area contributed by atoms with E-state index in [9.17, 15) is 0 Å². The predicted octanol–water partition coefficient (Wildman–Crippen LogP) is 13.9. The van der Waals surface area contributed by atoms with Gasteiger partial charge in [-0.2, -0.15) is 0 Å². The van der Waals surface area contributed by atoms with Gasteiger partial charge in [0.1, 0.15) is 0 Å². The lowest BCUT2D eigenvalue weighted by Gasteiger charge is -2.07. The SMILES string of the molecule is CCCCCCCCCCCCCCCCCCCCCCCCCCCCCCCCCCCCCOP(O)(O)=S. The summed E-state index contributed by atoms with van der Waals surface area (Å²) < 4.78 is 4.84. The van der Waals surface area contributed by atoms with E-state index in [1.807, 2.05) is 0 Å². The molecule has 0 fully saturated rings. The minimum Gasteiger partial charge on any atom is -0.325 e. The van der Waals surface area contributed by atoms with Crippen molar-refractivity contribution in [3.8, 4) is 0 Å². The lowest BCUT2D eigenvalue weighted by molar-refractivity contribution is 0.245. The first-order chi connectivity index (χ1) is 20.6. The summed E-state index contributed by atoms with van der Waals surface area (Å²) >= 11 is 4.44. The maximum absolute atomic E-state index is 9.00. The highest BCUT2D eigenvalue weighted by Crippen LogP contribution is 2.36. The molecule has 254 valence electrons. The third-order valence-corrected chi connectivity index (χ3v) is 9.84. The van der Waals surface area contributed by atoms with E-state index in [0.717, 1.165) is 12.8 Å². The van der Waals surface area contributed by atoms with Crippen LogP contribution in [0.4, 0.5) is 0 Å². The van der Waals surface area contributed by atoms with Crippen LogP contribution in [0.5, 0.6) is 0 Å². The summed E-state index contributed by atoms with van der Waals surface area (Å²) in [6.45, 7) is -0.756. The van der Waals surface area contributed by atoms with E-state index in [2.05, 4.69) is 18.7 Å². The van der Waals surface area contributed by atoms with Crippen LogP contribution in [0.2, 0.25) is 0 Å². The van der Waals surface area contributed by atoms with Gasteiger partial charge in [0, 0.05) is 0 Å². The van der Waals surface area contributed by atoms with Crippen LogP contribution in [0.15, 0.2) is 0 Å². The van der Waals surface area contributed by atoms with Crippen molar-refractivity contribution in [2.75, 3.05) is 6.61 Å².